The standard InChI is InChI=1S/C20H13F7N6O/c21-17(22)16-12(8-33(31-16)19(23)24)18(34)29-11-6-4-10(5-7-11)28-14-2-1-3-15-30-13(9-32(14)15)20(25,26)27/h1-9,17,19,28H,(H,29,34). The Balaban J connectivity index is 1.51. The first-order chi connectivity index (χ1) is 16.0. The molecule has 3 heterocycles. The number of anilines is 3. The van der Waals surface area contributed by atoms with Crippen LogP contribution >= 0.6 is 0 Å². The number of rotatable bonds is 6. The van der Waals surface area contributed by atoms with Gasteiger partial charge in [-0.3, -0.25) is 9.20 Å². The Kier molecular flexibility index (Phi) is 5.89. The highest BCUT2D eigenvalue weighted by atomic mass is 19.4. The zero-order valence-electron chi connectivity index (χ0n) is 16.7. The molecule has 0 bridgehead atoms. The first kappa shape index (κ1) is 23.1. The van der Waals surface area contributed by atoms with Gasteiger partial charge in [0.2, 0.25) is 0 Å². The third-order valence-electron chi connectivity index (χ3n) is 4.61. The van der Waals surface area contributed by atoms with Crippen molar-refractivity contribution in [1.29, 1.82) is 0 Å². The van der Waals surface area contributed by atoms with Gasteiger partial charge in [0.1, 0.15) is 17.2 Å². The van der Waals surface area contributed by atoms with Crippen LogP contribution in [0.1, 0.15) is 34.7 Å². The maximum absolute atomic E-state index is 13.1. The summed E-state index contributed by atoms with van der Waals surface area (Å²) in [5.41, 5.74) is -2.20. The van der Waals surface area contributed by atoms with Gasteiger partial charge in [-0.25, -0.2) is 18.4 Å². The maximum atomic E-state index is 13.1. The van der Waals surface area contributed by atoms with E-state index >= 15 is 0 Å². The molecule has 4 aromatic rings. The summed E-state index contributed by atoms with van der Waals surface area (Å²) < 4.78 is 91.7. The molecule has 0 unspecified atom stereocenters. The topological polar surface area (TPSA) is 76.2 Å². The van der Waals surface area contributed by atoms with Crippen molar-refractivity contribution in [1.82, 2.24) is 19.2 Å². The molecule has 14 heteroatoms. The van der Waals surface area contributed by atoms with Gasteiger partial charge < -0.3 is 10.6 Å². The van der Waals surface area contributed by atoms with Crippen LogP contribution in [-0.4, -0.2) is 25.1 Å². The number of benzene rings is 1. The minimum absolute atomic E-state index is 0.0374. The molecule has 0 aliphatic rings. The summed E-state index contributed by atoms with van der Waals surface area (Å²) in [5.74, 6) is -0.788. The number of nitrogens with one attached hydrogen (secondary N) is 2. The van der Waals surface area contributed by atoms with Gasteiger partial charge in [0.15, 0.2) is 5.69 Å². The van der Waals surface area contributed by atoms with Crippen molar-refractivity contribution >= 4 is 28.7 Å². The van der Waals surface area contributed by atoms with Crippen LogP contribution in [0.25, 0.3) is 5.65 Å². The molecule has 2 N–H and O–H groups in total. The van der Waals surface area contributed by atoms with Gasteiger partial charge in [0.05, 0.1) is 5.56 Å². The predicted molar refractivity (Wildman–Crippen MR) is 106 cm³/mol. The monoisotopic (exact) mass is 486 g/mol. The summed E-state index contributed by atoms with van der Waals surface area (Å²) >= 11 is 0. The van der Waals surface area contributed by atoms with Crippen LogP contribution < -0.4 is 10.6 Å². The number of pyridine rings is 1. The summed E-state index contributed by atoms with van der Waals surface area (Å²) in [5, 5.41) is 8.26. The maximum Gasteiger partial charge on any atom is 0.434 e. The molecule has 3 aromatic heterocycles. The number of halogens is 7. The van der Waals surface area contributed by atoms with Gasteiger partial charge in [-0.15, -0.1) is 0 Å². The van der Waals surface area contributed by atoms with Crippen LogP contribution in [0, 0.1) is 0 Å². The van der Waals surface area contributed by atoms with Crippen LogP contribution in [0.4, 0.5) is 47.9 Å². The third kappa shape index (κ3) is 4.65. The Hall–Kier alpha value is -4.10. The van der Waals surface area contributed by atoms with Crippen LogP contribution in [0.3, 0.4) is 0 Å². The van der Waals surface area contributed by atoms with E-state index in [0.717, 1.165) is 6.20 Å². The highest BCUT2D eigenvalue weighted by Crippen LogP contribution is 2.30. The number of aromatic nitrogens is 4. The zero-order valence-corrected chi connectivity index (χ0v) is 16.7. The molecular formula is C20H13F7N6O. The zero-order chi connectivity index (χ0) is 24.6. The fourth-order valence-electron chi connectivity index (χ4n) is 3.07. The Morgan fingerprint density at radius 2 is 1.62 bits per heavy atom. The summed E-state index contributed by atoms with van der Waals surface area (Å²) in [6.45, 7) is -3.20. The quantitative estimate of drug-likeness (QED) is 0.334. The van der Waals surface area contributed by atoms with Gasteiger partial charge >= 0.3 is 12.7 Å². The SMILES string of the molecule is O=C(Nc1ccc(Nc2cccc3nc(C(F)(F)F)cn23)cc1)c1cn(C(F)F)nc1C(F)F. The number of fused-ring (bicyclic) bond motifs is 1. The summed E-state index contributed by atoms with van der Waals surface area (Å²) in [7, 11) is 0. The Labute approximate surface area is 185 Å². The number of hydrogen-bond donors (Lipinski definition) is 2. The first-order valence-electron chi connectivity index (χ1n) is 9.42. The smallest absolute Gasteiger partial charge is 0.341 e. The van der Waals surface area contributed by atoms with E-state index in [9.17, 15) is 35.5 Å². The molecule has 0 saturated heterocycles. The minimum Gasteiger partial charge on any atom is -0.341 e. The number of amides is 1. The lowest BCUT2D eigenvalue weighted by Crippen LogP contribution is -2.13. The lowest BCUT2D eigenvalue weighted by molar-refractivity contribution is -0.140. The molecule has 0 aliphatic carbocycles. The molecule has 0 aliphatic heterocycles. The highest BCUT2D eigenvalue weighted by molar-refractivity contribution is 6.05. The number of imidazole rings is 1. The van der Waals surface area contributed by atoms with Gasteiger partial charge in [-0.1, -0.05) is 6.07 Å². The van der Waals surface area contributed by atoms with Gasteiger partial charge in [-0.2, -0.15) is 27.1 Å². The van der Waals surface area contributed by atoms with E-state index in [1.54, 1.807) is 0 Å². The first-order valence-corrected chi connectivity index (χ1v) is 9.42. The van der Waals surface area contributed by atoms with E-state index in [2.05, 4.69) is 20.7 Å². The van der Waals surface area contributed by atoms with E-state index in [4.69, 9.17) is 0 Å². The normalized spacial score (nSPS) is 12.0. The number of nitrogens with zero attached hydrogens (tertiary/aromatic N) is 4. The molecule has 0 radical (unpaired) electrons. The molecule has 7 nitrogen and oxygen atoms in total. The van der Waals surface area contributed by atoms with Crippen molar-refractivity contribution in [2.75, 3.05) is 10.6 Å². The van der Waals surface area contributed by atoms with Crippen LogP contribution in [0.15, 0.2) is 54.9 Å². The third-order valence-corrected chi connectivity index (χ3v) is 4.61. The fourth-order valence-corrected chi connectivity index (χ4v) is 3.07. The summed E-state index contributed by atoms with van der Waals surface area (Å²) in [4.78, 5) is 15.9. The van der Waals surface area contributed by atoms with E-state index in [0.29, 0.717) is 11.9 Å². The molecule has 1 aromatic carbocycles. The molecule has 0 spiro atoms. The second-order valence-electron chi connectivity index (χ2n) is 6.91. The average Bonchev–Trinajstić information content (AvgIpc) is 3.41. The summed E-state index contributed by atoms with van der Waals surface area (Å²) in [6, 6.07) is 10.1. The van der Waals surface area contributed by atoms with E-state index in [-0.39, 0.29) is 21.8 Å². The molecule has 0 fully saturated rings. The number of carbonyl (C=O) groups excluding carboxylic acids is 1. The molecule has 34 heavy (non-hydrogen) atoms. The lowest BCUT2D eigenvalue weighted by Gasteiger charge is -2.10. The van der Waals surface area contributed by atoms with Gasteiger partial charge in [0, 0.05) is 23.8 Å². The summed E-state index contributed by atoms with van der Waals surface area (Å²) in [6.07, 6.45) is -6.49. The van der Waals surface area contributed by atoms with Crippen molar-refractivity contribution in [2.24, 2.45) is 0 Å². The van der Waals surface area contributed by atoms with Crippen LogP contribution in [0.5, 0.6) is 0 Å². The highest BCUT2D eigenvalue weighted by Gasteiger charge is 2.34. The molecule has 4 rings (SSSR count). The fraction of sp³-hybridized carbons (Fsp3) is 0.150. The Morgan fingerprint density at radius 3 is 2.24 bits per heavy atom. The van der Waals surface area contributed by atoms with E-state index in [1.807, 2.05) is 0 Å². The number of hydrogen-bond acceptors (Lipinski definition) is 4. The number of alkyl halides is 7. The number of carbonyl (C=O) groups is 1. The van der Waals surface area contributed by atoms with Crippen LogP contribution in [-0.2, 0) is 6.18 Å². The van der Waals surface area contributed by atoms with Gasteiger partial charge in [-0.05, 0) is 36.4 Å². The Bertz CT molecular complexity index is 1330. The average molecular weight is 486 g/mol. The second kappa shape index (κ2) is 8.68. The second-order valence-corrected chi connectivity index (χ2v) is 6.91. The molecule has 0 saturated carbocycles. The molecule has 0 atom stereocenters. The predicted octanol–water partition coefficient (Wildman–Crippen LogP) is 5.88. The lowest BCUT2D eigenvalue weighted by atomic mass is 10.2. The van der Waals surface area contributed by atoms with Crippen molar-refractivity contribution < 1.29 is 35.5 Å². The van der Waals surface area contributed by atoms with Crippen molar-refractivity contribution in [3.05, 3.63) is 71.8 Å². The van der Waals surface area contributed by atoms with Gasteiger partial charge in [0.25, 0.3) is 12.3 Å². The molecule has 1 amide bonds. The van der Waals surface area contributed by atoms with Crippen molar-refractivity contribution in [3.63, 3.8) is 0 Å². The molecule has 178 valence electrons. The van der Waals surface area contributed by atoms with Crippen LogP contribution in [0.2, 0.25) is 0 Å². The van der Waals surface area contributed by atoms with Crippen molar-refractivity contribution in [2.45, 2.75) is 19.2 Å². The van der Waals surface area contributed by atoms with Crippen molar-refractivity contribution in [3.8, 4) is 0 Å². The minimum atomic E-state index is -4.61. The largest absolute Gasteiger partial charge is 0.434 e. The molecular weight excluding hydrogens is 473 g/mol. The van der Waals surface area contributed by atoms with E-state index < -0.39 is 42.0 Å². The Morgan fingerprint density at radius 1 is 0.941 bits per heavy atom. The van der Waals surface area contributed by atoms with E-state index in [1.165, 1.54) is 46.9 Å².